The zero-order valence-corrected chi connectivity index (χ0v) is 16.5. The van der Waals surface area contributed by atoms with Crippen molar-refractivity contribution in [3.8, 4) is 11.5 Å². The number of nitrogens with two attached hydrogens (primary N) is 1. The first-order valence-electron chi connectivity index (χ1n) is 9.88. The zero-order valence-electron chi connectivity index (χ0n) is 16.5. The van der Waals surface area contributed by atoms with E-state index in [0.29, 0.717) is 36.9 Å². The summed E-state index contributed by atoms with van der Waals surface area (Å²) in [6, 6.07) is 14.2. The number of ether oxygens (including phenoxy) is 1. The van der Waals surface area contributed by atoms with Crippen molar-refractivity contribution in [2.75, 3.05) is 25.4 Å². The van der Waals surface area contributed by atoms with Crippen molar-refractivity contribution >= 4 is 22.5 Å². The summed E-state index contributed by atoms with van der Waals surface area (Å²) in [6.45, 7) is 3.87. The highest BCUT2D eigenvalue weighted by Crippen LogP contribution is 2.31. The minimum absolute atomic E-state index is 0.0384. The number of hydrogen-bond acceptors (Lipinski definition) is 5. The van der Waals surface area contributed by atoms with Crippen LogP contribution in [0.4, 0.5) is 5.69 Å². The number of anilines is 1. The van der Waals surface area contributed by atoms with Gasteiger partial charge in [-0.3, -0.25) is 9.78 Å². The molecule has 1 amide bonds. The van der Waals surface area contributed by atoms with E-state index < -0.39 is 0 Å². The van der Waals surface area contributed by atoms with Gasteiger partial charge in [0.25, 0.3) is 5.91 Å². The number of phenolic OH excluding ortho intramolecular Hbond substituents is 1. The third-order valence-corrected chi connectivity index (χ3v) is 5.42. The maximum Gasteiger partial charge on any atom is 0.253 e. The number of fused-ring (bicyclic) bond motifs is 1. The summed E-state index contributed by atoms with van der Waals surface area (Å²) in [5, 5.41) is 10.4. The Morgan fingerprint density at radius 2 is 1.97 bits per heavy atom. The average molecular weight is 391 g/mol. The number of aromatic nitrogens is 1. The summed E-state index contributed by atoms with van der Waals surface area (Å²) < 4.78 is 6.12. The van der Waals surface area contributed by atoms with Crippen molar-refractivity contribution in [1.29, 1.82) is 0 Å². The number of benzene rings is 2. The Bertz CT molecular complexity index is 1040. The van der Waals surface area contributed by atoms with E-state index in [0.717, 1.165) is 35.2 Å². The van der Waals surface area contributed by atoms with E-state index in [1.165, 1.54) is 6.07 Å². The number of aromatic hydroxyl groups is 1. The van der Waals surface area contributed by atoms with E-state index in [1.807, 2.05) is 36.1 Å². The Hall–Kier alpha value is -3.28. The second kappa shape index (κ2) is 7.99. The Morgan fingerprint density at radius 3 is 2.72 bits per heavy atom. The molecule has 2 aromatic carbocycles. The lowest BCUT2D eigenvalue weighted by Gasteiger charge is -2.32. The third kappa shape index (κ3) is 4.11. The van der Waals surface area contributed by atoms with Crippen LogP contribution in [0, 0.1) is 12.8 Å². The Labute approximate surface area is 169 Å². The number of aryl methyl sites for hydroxylation is 1. The molecule has 0 bridgehead atoms. The first-order valence-corrected chi connectivity index (χ1v) is 9.88. The normalized spacial score (nSPS) is 14.9. The van der Waals surface area contributed by atoms with Crippen LogP contribution in [0.5, 0.6) is 11.5 Å². The summed E-state index contributed by atoms with van der Waals surface area (Å²) >= 11 is 0. The van der Waals surface area contributed by atoms with Crippen LogP contribution in [0.15, 0.2) is 48.5 Å². The SMILES string of the molecule is Cc1cc(N)c2c(OCC3CCN(C(=O)c4cccc(O)c4)CC3)cccc2n1. The Balaban J connectivity index is 1.37. The molecule has 3 aromatic rings. The van der Waals surface area contributed by atoms with Crippen LogP contribution in [0.2, 0.25) is 0 Å². The number of pyridine rings is 1. The van der Waals surface area contributed by atoms with Crippen molar-refractivity contribution in [2.45, 2.75) is 19.8 Å². The van der Waals surface area contributed by atoms with Crippen LogP contribution in [0.3, 0.4) is 0 Å². The molecule has 0 aliphatic carbocycles. The fourth-order valence-electron chi connectivity index (χ4n) is 3.87. The van der Waals surface area contributed by atoms with Crippen LogP contribution in [-0.4, -0.2) is 40.6 Å². The average Bonchev–Trinajstić information content (AvgIpc) is 2.71. The molecule has 0 unspecified atom stereocenters. The van der Waals surface area contributed by atoms with E-state index in [-0.39, 0.29) is 11.7 Å². The molecule has 150 valence electrons. The number of amides is 1. The number of hydrogen-bond donors (Lipinski definition) is 2. The van der Waals surface area contributed by atoms with Crippen molar-refractivity contribution in [2.24, 2.45) is 5.92 Å². The molecule has 0 spiro atoms. The van der Waals surface area contributed by atoms with E-state index in [1.54, 1.807) is 18.2 Å². The van der Waals surface area contributed by atoms with Gasteiger partial charge < -0.3 is 20.5 Å². The molecule has 29 heavy (non-hydrogen) atoms. The Morgan fingerprint density at radius 1 is 1.21 bits per heavy atom. The quantitative estimate of drug-likeness (QED) is 0.707. The number of carbonyl (C=O) groups excluding carboxylic acids is 1. The molecule has 1 aliphatic heterocycles. The van der Waals surface area contributed by atoms with E-state index in [4.69, 9.17) is 10.5 Å². The van der Waals surface area contributed by atoms with E-state index in [9.17, 15) is 9.90 Å². The molecule has 1 aliphatic rings. The number of piperidine rings is 1. The lowest BCUT2D eigenvalue weighted by molar-refractivity contribution is 0.0661. The minimum atomic E-state index is -0.0384. The predicted molar refractivity (Wildman–Crippen MR) is 113 cm³/mol. The highest BCUT2D eigenvalue weighted by molar-refractivity contribution is 5.96. The van der Waals surface area contributed by atoms with Gasteiger partial charge in [0.05, 0.1) is 17.5 Å². The van der Waals surface area contributed by atoms with Gasteiger partial charge in [0.1, 0.15) is 11.5 Å². The largest absolute Gasteiger partial charge is 0.508 e. The molecule has 4 rings (SSSR count). The second-order valence-corrected chi connectivity index (χ2v) is 7.60. The van der Waals surface area contributed by atoms with Gasteiger partial charge in [-0.25, -0.2) is 0 Å². The summed E-state index contributed by atoms with van der Waals surface area (Å²) in [5.74, 6) is 1.20. The van der Waals surface area contributed by atoms with Gasteiger partial charge in [0.15, 0.2) is 0 Å². The van der Waals surface area contributed by atoms with Crippen LogP contribution < -0.4 is 10.5 Å². The van der Waals surface area contributed by atoms with Gasteiger partial charge in [-0.1, -0.05) is 12.1 Å². The van der Waals surface area contributed by atoms with Gasteiger partial charge in [-0.15, -0.1) is 0 Å². The van der Waals surface area contributed by atoms with Crippen molar-refractivity contribution < 1.29 is 14.6 Å². The van der Waals surface area contributed by atoms with Crippen LogP contribution in [0.1, 0.15) is 28.9 Å². The van der Waals surface area contributed by atoms with Crippen molar-refractivity contribution in [3.05, 3.63) is 59.8 Å². The number of carbonyl (C=O) groups is 1. The minimum Gasteiger partial charge on any atom is -0.508 e. The number of rotatable bonds is 4. The summed E-state index contributed by atoms with van der Waals surface area (Å²) in [6.07, 6.45) is 1.75. The molecule has 1 fully saturated rings. The molecule has 1 aromatic heterocycles. The van der Waals surface area contributed by atoms with E-state index in [2.05, 4.69) is 4.98 Å². The topological polar surface area (TPSA) is 88.7 Å². The molecule has 0 atom stereocenters. The standard InChI is InChI=1S/C23H25N3O3/c1-15-12-19(24)22-20(25-15)6-3-7-21(22)29-14-16-8-10-26(11-9-16)23(28)17-4-2-5-18(27)13-17/h2-7,12-13,16,27H,8-11,14H2,1H3,(H2,24,25). The fraction of sp³-hybridized carbons (Fsp3) is 0.304. The summed E-state index contributed by atoms with van der Waals surface area (Å²) in [7, 11) is 0. The Kier molecular flexibility index (Phi) is 5.25. The van der Waals surface area contributed by atoms with Crippen LogP contribution in [0.25, 0.3) is 10.9 Å². The smallest absolute Gasteiger partial charge is 0.253 e. The monoisotopic (exact) mass is 391 g/mol. The predicted octanol–water partition coefficient (Wildman–Crippen LogP) is 3.76. The first kappa shape index (κ1) is 19.1. The van der Waals surface area contributed by atoms with Crippen molar-refractivity contribution in [1.82, 2.24) is 9.88 Å². The third-order valence-electron chi connectivity index (χ3n) is 5.42. The van der Waals surface area contributed by atoms with Gasteiger partial charge in [0, 0.05) is 30.0 Å². The fourth-order valence-corrected chi connectivity index (χ4v) is 3.87. The molecular weight excluding hydrogens is 366 g/mol. The number of phenols is 1. The molecule has 3 N–H and O–H groups in total. The second-order valence-electron chi connectivity index (χ2n) is 7.60. The molecule has 6 nitrogen and oxygen atoms in total. The van der Waals surface area contributed by atoms with Gasteiger partial charge in [0.2, 0.25) is 0 Å². The van der Waals surface area contributed by atoms with Crippen LogP contribution in [-0.2, 0) is 0 Å². The highest BCUT2D eigenvalue weighted by Gasteiger charge is 2.24. The van der Waals surface area contributed by atoms with Crippen LogP contribution >= 0.6 is 0 Å². The van der Waals surface area contributed by atoms with Gasteiger partial charge >= 0.3 is 0 Å². The molecule has 0 saturated carbocycles. The zero-order chi connectivity index (χ0) is 20.4. The van der Waals surface area contributed by atoms with Crippen molar-refractivity contribution in [3.63, 3.8) is 0 Å². The lowest BCUT2D eigenvalue weighted by Crippen LogP contribution is -2.39. The maximum atomic E-state index is 12.6. The first-order chi connectivity index (χ1) is 14.0. The number of nitrogen functional groups attached to an aromatic ring is 1. The van der Waals surface area contributed by atoms with E-state index >= 15 is 0 Å². The summed E-state index contributed by atoms with van der Waals surface area (Å²) in [5.41, 5.74) is 9.12. The molecule has 1 saturated heterocycles. The molecule has 6 heteroatoms. The van der Waals surface area contributed by atoms with Gasteiger partial charge in [-0.2, -0.15) is 0 Å². The molecule has 2 heterocycles. The molecular formula is C23H25N3O3. The number of likely N-dealkylation sites (tertiary alicyclic amines) is 1. The number of nitrogens with zero attached hydrogens (tertiary/aromatic N) is 2. The lowest BCUT2D eigenvalue weighted by atomic mass is 9.97. The van der Waals surface area contributed by atoms with Gasteiger partial charge in [-0.05, 0) is 62.1 Å². The summed E-state index contributed by atoms with van der Waals surface area (Å²) in [4.78, 5) is 19.0. The molecule has 0 radical (unpaired) electrons. The maximum absolute atomic E-state index is 12.6. The highest BCUT2D eigenvalue weighted by atomic mass is 16.5.